The third-order valence-corrected chi connectivity index (χ3v) is 4.39. The number of aliphatic hydroxyl groups is 3. The molecule has 1 aliphatic carbocycles. The van der Waals surface area contributed by atoms with Gasteiger partial charge in [0.05, 0.1) is 38.8 Å². The normalized spacial score (nSPS) is 29.4. The van der Waals surface area contributed by atoms with E-state index in [1.54, 1.807) is 0 Å². The van der Waals surface area contributed by atoms with Crippen molar-refractivity contribution in [1.82, 2.24) is 0 Å². The minimum Gasteiger partial charge on any atom is -0.790 e. The van der Waals surface area contributed by atoms with Crippen LogP contribution in [0.25, 0.3) is 0 Å². The molecule has 9 heteroatoms. The number of hydrogen-bond donors (Lipinski definition) is 3. The zero-order chi connectivity index (χ0) is 17.7. The monoisotopic (exact) mass is 360 g/mol. The average molecular weight is 360 g/mol. The minimum atomic E-state index is -5.33. The molecule has 1 saturated carbocycles. The van der Waals surface area contributed by atoms with Gasteiger partial charge in [0.2, 0.25) is 0 Å². The van der Waals surface area contributed by atoms with Gasteiger partial charge in [0.1, 0.15) is 6.10 Å². The fraction of sp³-hybridized carbons (Fsp3) is 0.600. The van der Waals surface area contributed by atoms with Gasteiger partial charge >= 0.3 is 0 Å². The highest BCUT2D eigenvalue weighted by molar-refractivity contribution is 7.43. The second-order valence-electron chi connectivity index (χ2n) is 5.88. The second kappa shape index (κ2) is 8.51. The van der Waals surface area contributed by atoms with Crippen LogP contribution >= 0.6 is 7.82 Å². The van der Waals surface area contributed by atoms with Crippen LogP contribution in [0.15, 0.2) is 30.3 Å². The summed E-state index contributed by atoms with van der Waals surface area (Å²) < 4.78 is 21.0. The summed E-state index contributed by atoms with van der Waals surface area (Å²) in [5.74, 6) is 0. The fourth-order valence-corrected chi connectivity index (χ4v) is 3.43. The van der Waals surface area contributed by atoms with E-state index in [1.807, 2.05) is 30.3 Å². The van der Waals surface area contributed by atoms with Gasteiger partial charge in [-0.25, -0.2) is 0 Å². The SMILES string of the molecule is O=P([O-])([O-])O[C@@H]1[C@H](O)C[C@@H](O)C[C@H]1O[C@@H](CO)Cc1ccccc1. The Morgan fingerprint density at radius 2 is 1.88 bits per heavy atom. The highest BCUT2D eigenvalue weighted by Crippen LogP contribution is 2.35. The fourth-order valence-electron chi connectivity index (χ4n) is 2.86. The summed E-state index contributed by atoms with van der Waals surface area (Å²) in [6, 6.07) is 9.18. The summed E-state index contributed by atoms with van der Waals surface area (Å²) >= 11 is 0. The zero-order valence-electron chi connectivity index (χ0n) is 12.9. The van der Waals surface area contributed by atoms with Gasteiger partial charge in [0.25, 0.3) is 0 Å². The summed E-state index contributed by atoms with van der Waals surface area (Å²) in [5, 5.41) is 29.2. The van der Waals surface area contributed by atoms with Crippen LogP contribution in [0.4, 0.5) is 0 Å². The molecule has 1 fully saturated rings. The van der Waals surface area contributed by atoms with Gasteiger partial charge < -0.3 is 38.9 Å². The van der Waals surface area contributed by atoms with Crippen LogP contribution < -0.4 is 9.79 Å². The summed E-state index contributed by atoms with van der Waals surface area (Å²) in [6.45, 7) is -0.350. The van der Waals surface area contributed by atoms with Crippen molar-refractivity contribution in [3.05, 3.63) is 35.9 Å². The van der Waals surface area contributed by atoms with E-state index in [-0.39, 0.29) is 19.4 Å². The third-order valence-electron chi connectivity index (χ3n) is 3.89. The van der Waals surface area contributed by atoms with Crippen molar-refractivity contribution in [2.75, 3.05) is 6.61 Å². The van der Waals surface area contributed by atoms with E-state index in [9.17, 15) is 29.7 Å². The molecule has 0 aliphatic heterocycles. The van der Waals surface area contributed by atoms with Crippen molar-refractivity contribution in [3.63, 3.8) is 0 Å². The Kier molecular flexibility index (Phi) is 6.91. The van der Waals surface area contributed by atoms with Gasteiger partial charge in [-0.15, -0.1) is 0 Å². The van der Waals surface area contributed by atoms with Crippen LogP contribution in [0.2, 0.25) is 0 Å². The lowest BCUT2D eigenvalue weighted by atomic mass is 9.89. The highest BCUT2D eigenvalue weighted by atomic mass is 31.2. The second-order valence-corrected chi connectivity index (χ2v) is 6.98. The van der Waals surface area contributed by atoms with Crippen LogP contribution in [0.3, 0.4) is 0 Å². The molecule has 1 aromatic rings. The number of phosphoric ester groups is 1. The van der Waals surface area contributed by atoms with Crippen LogP contribution in [-0.4, -0.2) is 52.4 Å². The predicted molar refractivity (Wildman–Crippen MR) is 79.6 cm³/mol. The third kappa shape index (κ3) is 5.91. The lowest BCUT2D eigenvalue weighted by molar-refractivity contribution is -0.351. The summed E-state index contributed by atoms with van der Waals surface area (Å²) in [4.78, 5) is 21.8. The van der Waals surface area contributed by atoms with Gasteiger partial charge in [-0.2, -0.15) is 0 Å². The van der Waals surface area contributed by atoms with Crippen molar-refractivity contribution in [3.8, 4) is 0 Å². The molecule has 1 aromatic carbocycles. The molecule has 5 atom stereocenters. The van der Waals surface area contributed by atoms with Crippen LogP contribution in [-0.2, 0) is 20.2 Å². The summed E-state index contributed by atoms with van der Waals surface area (Å²) in [6.07, 6.45) is -5.18. The van der Waals surface area contributed by atoms with E-state index in [0.29, 0.717) is 6.42 Å². The number of ether oxygens (including phenoxy) is 1. The maximum atomic E-state index is 10.9. The quantitative estimate of drug-likeness (QED) is 0.510. The first-order valence-electron chi connectivity index (χ1n) is 7.65. The molecule has 0 saturated heterocycles. The Labute approximate surface area is 139 Å². The van der Waals surface area contributed by atoms with E-state index in [1.165, 1.54) is 0 Å². The van der Waals surface area contributed by atoms with Gasteiger partial charge in [-0.1, -0.05) is 30.3 Å². The molecule has 0 heterocycles. The average Bonchev–Trinajstić information content (AvgIpc) is 2.50. The van der Waals surface area contributed by atoms with Crippen molar-refractivity contribution in [2.24, 2.45) is 0 Å². The molecule has 0 spiro atoms. The maximum absolute atomic E-state index is 10.9. The number of hydrogen-bond acceptors (Lipinski definition) is 8. The predicted octanol–water partition coefficient (Wildman–Crippen LogP) is -1.30. The van der Waals surface area contributed by atoms with Crippen LogP contribution in [0.5, 0.6) is 0 Å². The molecule has 2 rings (SSSR count). The van der Waals surface area contributed by atoms with Crippen LogP contribution in [0, 0.1) is 0 Å². The molecule has 1 aliphatic rings. The molecule has 0 radical (unpaired) electrons. The summed E-state index contributed by atoms with van der Waals surface area (Å²) in [5.41, 5.74) is 0.893. The smallest absolute Gasteiger partial charge is 0.115 e. The number of benzene rings is 1. The lowest BCUT2D eigenvalue weighted by Crippen LogP contribution is -2.51. The topological polar surface area (TPSA) is 142 Å². The first-order chi connectivity index (χ1) is 11.3. The Morgan fingerprint density at radius 3 is 2.46 bits per heavy atom. The molecular formula is C15H21O8P-2. The Balaban J connectivity index is 2.07. The van der Waals surface area contributed by atoms with E-state index < -0.39 is 38.3 Å². The lowest BCUT2D eigenvalue weighted by Gasteiger charge is -2.43. The number of rotatable bonds is 7. The Morgan fingerprint density at radius 1 is 1.21 bits per heavy atom. The zero-order valence-corrected chi connectivity index (χ0v) is 13.8. The Bertz CT molecular complexity index is 548. The molecule has 136 valence electrons. The summed E-state index contributed by atoms with van der Waals surface area (Å²) in [7, 11) is -5.33. The standard InChI is InChI=1S/C15H23O8P/c16-9-12(6-10-4-2-1-3-5-10)22-14-8-11(17)7-13(18)15(14)23-24(19,20)21/h1-5,11-18H,6-9H2,(H2,19,20,21)/p-2/t11-,12-,13-,14-,15-/m1/s1. The van der Waals surface area contributed by atoms with Gasteiger partial charge in [0.15, 0.2) is 0 Å². The first-order valence-corrected chi connectivity index (χ1v) is 9.11. The van der Waals surface area contributed by atoms with Crippen LogP contribution in [0.1, 0.15) is 18.4 Å². The van der Waals surface area contributed by atoms with E-state index >= 15 is 0 Å². The number of phosphoric acid groups is 1. The van der Waals surface area contributed by atoms with E-state index in [4.69, 9.17) is 4.74 Å². The van der Waals surface area contributed by atoms with Crippen molar-refractivity contribution < 1.29 is 38.9 Å². The first kappa shape index (κ1) is 19.5. The number of aliphatic hydroxyl groups excluding tert-OH is 3. The van der Waals surface area contributed by atoms with E-state index in [2.05, 4.69) is 4.52 Å². The maximum Gasteiger partial charge on any atom is 0.115 e. The minimum absolute atomic E-state index is 0.00693. The molecule has 0 unspecified atom stereocenters. The van der Waals surface area contributed by atoms with Gasteiger partial charge in [-0.05, 0) is 5.56 Å². The Hall–Kier alpha value is -0.830. The molecule has 8 nitrogen and oxygen atoms in total. The molecule has 0 aromatic heterocycles. The highest BCUT2D eigenvalue weighted by Gasteiger charge is 2.39. The molecule has 3 N–H and O–H groups in total. The van der Waals surface area contributed by atoms with Gasteiger partial charge in [0, 0.05) is 19.3 Å². The van der Waals surface area contributed by atoms with Gasteiger partial charge in [-0.3, -0.25) is 0 Å². The van der Waals surface area contributed by atoms with Crippen molar-refractivity contribution >= 4 is 7.82 Å². The molecule has 0 amide bonds. The molecule has 24 heavy (non-hydrogen) atoms. The van der Waals surface area contributed by atoms with E-state index in [0.717, 1.165) is 5.56 Å². The largest absolute Gasteiger partial charge is 0.790 e. The van der Waals surface area contributed by atoms with Crippen molar-refractivity contribution in [1.29, 1.82) is 0 Å². The van der Waals surface area contributed by atoms with Crippen molar-refractivity contribution in [2.45, 2.75) is 49.8 Å². The molecule has 0 bridgehead atoms. The molecular weight excluding hydrogens is 339 g/mol.